The summed E-state index contributed by atoms with van der Waals surface area (Å²) >= 11 is 0. The van der Waals surface area contributed by atoms with Gasteiger partial charge in [0, 0.05) is 13.2 Å². The molecule has 3 nitrogen and oxygen atoms in total. The lowest BCUT2D eigenvalue weighted by molar-refractivity contribution is 0.0476. The first-order valence-electron chi connectivity index (χ1n) is 5.40. The molecule has 0 amide bonds. The average Bonchev–Trinajstić information content (AvgIpc) is 2.29. The zero-order chi connectivity index (χ0) is 10.7. The molecular formula is C12H17NO2. The predicted octanol–water partition coefficient (Wildman–Crippen LogP) is 0.794. The fraction of sp³-hybridized carbons (Fsp3) is 0.500. The third kappa shape index (κ3) is 2.04. The number of rotatable bonds is 3. The Kier molecular flexibility index (Phi) is 3.36. The van der Waals surface area contributed by atoms with E-state index in [2.05, 4.69) is 6.07 Å². The van der Waals surface area contributed by atoms with Crippen LogP contribution < -0.4 is 5.73 Å². The van der Waals surface area contributed by atoms with Gasteiger partial charge in [0.05, 0.1) is 12.7 Å². The minimum Gasteiger partial charge on any atom is -0.396 e. The SMILES string of the molecule is NCC1OCCc2cccc(CCO)c21. The van der Waals surface area contributed by atoms with Crippen molar-refractivity contribution in [3.63, 3.8) is 0 Å². The topological polar surface area (TPSA) is 55.5 Å². The van der Waals surface area contributed by atoms with Gasteiger partial charge in [-0.3, -0.25) is 0 Å². The molecule has 82 valence electrons. The maximum atomic E-state index is 9.01. The van der Waals surface area contributed by atoms with E-state index < -0.39 is 0 Å². The third-order valence-electron chi connectivity index (χ3n) is 2.89. The molecule has 1 aromatic rings. The number of ether oxygens (including phenoxy) is 1. The smallest absolute Gasteiger partial charge is 0.0952 e. The van der Waals surface area contributed by atoms with Crippen molar-refractivity contribution < 1.29 is 9.84 Å². The number of aliphatic hydroxyl groups excluding tert-OH is 1. The molecule has 1 aliphatic rings. The van der Waals surface area contributed by atoms with Gasteiger partial charge in [0.1, 0.15) is 0 Å². The van der Waals surface area contributed by atoms with Gasteiger partial charge in [0.15, 0.2) is 0 Å². The molecule has 1 heterocycles. The first-order chi connectivity index (χ1) is 7.36. The van der Waals surface area contributed by atoms with Gasteiger partial charge in [-0.05, 0) is 29.5 Å². The standard InChI is InChI=1S/C12H17NO2/c13-8-11-12-9(4-6-14)2-1-3-10(12)5-7-15-11/h1-3,11,14H,4-8,13H2. The molecule has 0 fully saturated rings. The largest absolute Gasteiger partial charge is 0.396 e. The zero-order valence-corrected chi connectivity index (χ0v) is 8.78. The monoisotopic (exact) mass is 207 g/mol. The van der Waals surface area contributed by atoms with Crippen molar-refractivity contribution in [3.8, 4) is 0 Å². The fourth-order valence-electron chi connectivity index (χ4n) is 2.22. The highest BCUT2D eigenvalue weighted by atomic mass is 16.5. The lowest BCUT2D eigenvalue weighted by Gasteiger charge is -2.27. The first kappa shape index (κ1) is 10.6. The maximum Gasteiger partial charge on any atom is 0.0952 e. The van der Waals surface area contributed by atoms with Crippen LogP contribution in [0, 0.1) is 0 Å². The minimum absolute atomic E-state index is 0.0106. The zero-order valence-electron chi connectivity index (χ0n) is 8.78. The number of hydrogen-bond donors (Lipinski definition) is 2. The fourth-order valence-corrected chi connectivity index (χ4v) is 2.22. The molecular weight excluding hydrogens is 190 g/mol. The second kappa shape index (κ2) is 4.75. The van der Waals surface area contributed by atoms with Crippen LogP contribution >= 0.6 is 0 Å². The van der Waals surface area contributed by atoms with Gasteiger partial charge < -0.3 is 15.6 Å². The Morgan fingerprint density at radius 2 is 2.33 bits per heavy atom. The number of hydrogen-bond acceptors (Lipinski definition) is 3. The van der Waals surface area contributed by atoms with Crippen LogP contribution in [0.25, 0.3) is 0 Å². The average molecular weight is 207 g/mol. The summed E-state index contributed by atoms with van der Waals surface area (Å²) in [4.78, 5) is 0. The molecule has 1 aromatic carbocycles. The minimum atomic E-state index is 0.0106. The quantitative estimate of drug-likeness (QED) is 0.770. The summed E-state index contributed by atoms with van der Waals surface area (Å²) < 4.78 is 5.63. The number of benzene rings is 1. The molecule has 3 heteroatoms. The van der Waals surface area contributed by atoms with Crippen molar-refractivity contribution in [1.82, 2.24) is 0 Å². The highest BCUT2D eigenvalue weighted by Gasteiger charge is 2.21. The van der Waals surface area contributed by atoms with Crippen molar-refractivity contribution in [2.75, 3.05) is 19.8 Å². The van der Waals surface area contributed by atoms with Crippen molar-refractivity contribution in [2.45, 2.75) is 18.9 Å². The van der Waals surface area contributed by atoms with E-state index in [1.54, 1.807) is 0 Å². The summed E-state index contributed by atoms with van der Waals surface area (Å²) in [5.41, 5.74) is 9.40. The Hall–Kier alpha value is -0.900. The van der Waals surface area contributed by atoms with Gasteiger partial charge in [0.2, 0.25) is 0 Å². The van der Waals surface area contributed by atoms with Gasteiger partial charge in [-0.25, -0.2) is 0 Å². The Labute approximate surface area is 89.9 Å². The molecule has 1 aliphatic heterocycles. The van der Waals surface area contributed by atoms with E-state index in [1.807, 2.05) is 12.1 Å². The van der Waals surface area contributed by atoms with Crippen LogP contribution in [0.3, 0.4) is 0 Å². The van der Waals surface area contributed by atoms with Gasteiger partial charge in [0.25, 0.3) is 0 Å². The first-order valence-corrected chi connectivity index (χ1v) is 5.40. The molecule has 1 atom stereocenters. The van der Waals surface area contributed by atoms with Crippen LogP contribution in [0.2, 0.25) is 0 Å². The van der Waals surface area contributed by atoms with Crippen molar-refractivity contribution in [1.29, 1.82) is 0 Å². The Morgan fingerprint density at radius 3 is 3.07 bits per heavy atom. The van der Waals surface area contributed by atoms with Crippen molar-refractivity contribution >= 4 is 0 Å². The molecule has 0 aromatic heterocycles. The predicted molar refractivity (Wildman–Crippen MR) is 58.7 cm³/mol. The van der Waals surface area contributed by atoms with E-state index in [0.29, 0.717) is 13.0 Å². The van der Waals surface area contributed by atoms with Crippen LogP contribution in [0.5, 0.6) is 0 Å². The lowest BCUT2D eigenvalue weighted by Crippen LogP contribution is -2.24. The van der Waals surface area contributed by atoms with Gasteiger partial charge in [-0.2, -0.15) is 0 Å². The summed E-state index contributed by atoms with van der Waals surface area (Å²) in [5.74, 6) is 0. The molecule has 2 rings (SSSR count). The summed E-state index contributed by atoms with van der Waals surface area (Å²) in [6.45, 7) is 1.43. The molecule has 0 aliphatic carbocycles. The van der Waals surface area contributed by atoms with Crippen LogP contribution in [0.15, 0.2) is 18.2 Å². The van der Waals surface area contributed by atoms with E-state index in [4.69, 9.17) is 15.6 Å². The van der Waals surface area contributed by atoms with Crippen LogP contribution in [0.1, 0.15) is 22.8 Å². The third-order valence-corrected chi connectivity index (χ3v) is 2.89. The van der Waals surface area contributed by atoms with E-state index in [9.17, 15) is 0 Å². The van der Waals surface area contributed by atoms with Gasteiger partial charge in [-0.15, -0.1) is 0 Å². The Morgan fingerprint density at radius 1 is 1.47 bits per heavy atom. The van der Waals surface area contributed by atoms with E-state index in [1.165, 1.54) is 16.7 Å². The van der Waals surface area contributed by atoms with Crippen LogP contribution in [0.4, 0.5) is 0 Å². The second-order valence-electron chi connectivity index (χ2n) is 3.81. The number of nitrogens with two attached hydrogens (primary N) is 1. The van der Waals surface area contributed by atoms with Crippen LogP contribution in [-0.4, -0.2) is 24.9 Å². The molecule has 15 heavy (non-hydrogen) atoms. The highest BCUT2D eigenvalue weighted by Crippen LogP contribution is 2.29. The molecule has 0 spiro atoms. The Bertz CT molecular complexity index is 338. The molecule has 3 N–H and O–H groups in total. The molecule has 1 unspecified atom stereocenters. The van der Waals surface area contributed by atoms with E-state index >= 15 is 0 Å². The Balaban J connectivity index is 2.40. The van der Waals surface area contributed by atoms with E-state index in [0.717, 1.165) is 13.0 Å². The van der Waals surface area contributed by atoms with Crippen molar-refractivity contribution in [2.24, 2.45) is 5.73 Å². The molecule has 0 radical (unpaired) electrons. The number of fused-ring (bicyclic) bond motifs is 1. The maximum absolute atomic E-state index is 9.01. The van der Waals surface area contributed by atoms with E-state index in [-0.39, 0.29) is 12.7 Å². The normalized spacial score (nSPS) is 20.0. The summed E-state index contributed by atoms with van der Waals surface area (Å²) in [6.07, 6.45) is 1.64. The lowest BCUT2D eigenvalue weighted by atomic mass is 9.91. The van der Waals surface area contributed by atoms with Crippen LogP contribution in [-0.2, 0) is 17.6 Å². The second-order valence-corrected chi connectivity index (χ2v) is 3.81. The summed E-state index contributed by atoms with van der Waals surface area (Å²) in [6, 6.07) is 6.22. The van der Waals surface area contributed by atoms with Gasteiger partial charge in [-0.1, -0.05) is 18.2 Å². The summed E-state index contributed by atoms with van der Waals surface area (Å²) in [7, 11) is 0. The molecule has 0 saturated heterocycles. The molecule has 0 bridgehead atoms. The van der Waals surface area contributed by atoms with Crippen molar-refractivity contribution in [3.05, 3.63) is 34.9 Å². The molecule has 0 saturated carbocycles. The number of aliphatic hydroxyl groups is 1. The highest BCUT2D eigenvalue weighted by molar-refractivity contribution is 5.39. The summed E-state index contributed by atoms with van der Waals surface area (Å²) in [5, 5.41) is 9.01. The van der Waals surface area contributed by atoms with Gasteiger partial charge >= 0.3 is 0 Å².